The number of nitrogens with zero attached hydrogens (tertiary/aromatic N) is 1. The minimum absolute atomic E-state index is 0.0713. The summed E-state index contributed by atoms with van der Waals surface area (Å²) in [6.45, 7) is 6.78. The molecule has 0 aliphatic heterocycles. The Morgan fingerprint density at radius 2 is 1.74 bits per heavy atom. The molecule has 0 atom stereocenters. The summed E-state index contributed by atoms with van der Waals surface area (Å²) in [6, 6.07) is 15.4. The number of aryl methyl sites for hydroxylation is 2. The highest BCUT2D eigenvalue weighted by molar-refractivity contribution is 5.78. The molecule has 5 nitrogen and oxygen atoms in total. The highest BCUT2D eigenvalue weighted by Gasteiger charge is 2.17. The van der Waals surface area contributed by atoms with Crippen molar-refractivity contribution in [3.05, 3.63) is 65.2 Å². The van der Waals surface area contributed by atoms with E-state index in [0.29, 0.717) is 25.4 Å². The third kappa shape index (κ3) is 6.77. The maximum atomic E-state index is 12.7. The minimum Gasteiger partial charge on any atom is -0.484 e. The van der Waals surface area contributed by atoms with Crippen molar-refractivity contribution in [1.29, 1.82) is 0 Å². The van der Waals surface area contributed by atoms with Gasteiger partial charge in [-0.15, -0.1) is 0 Å². The summed E-state index contributed by atoms with van der Waals surface area (Å²) in [7, 11) is 0. The van der Waals surface area contributed by atoms with Crippen molar-refractivity contribution in [2.75, 3.05) is 19.8 Å². The van der Waals surface area contributed by atoms with Gasteiger partial charge in [0.15, 0.2) is 6.61 Å². The van der Waals surface area contributed by atoms with E-state index in [-0.39, 0.29) is 24.9 Å². The molecule has 0 N–H and O–H groups in total. The van der Waals surface area contributed by atoms with E-state index in [2.05, 4.69) is 0 Å². The first-order valence-corrected chi connectivity index (χ1v) is 9.17. The summed E-state index contributed by atoms with van der Waals surface area (Å²) < 4.78 is 10.6. The van der Waals surface area contributed by atoms with Crippen molar-refractivity contribution in [1.82, 2.24) is 4.90 Å². The maximum absolute atomic E-state index is 12.7. The summed E-state index contributed by atoms with van der Waals surface area (Å²) in [4.78, 5) is 26.0. The smallest absolute Gasteiger partial charge is 0.307 e. The van der Waals surface area contributed by atoms with Crippen LogP contribution in [0.2, 0.25) is 0 Å². The molecule has 2 aromatic rings. The van der Waals surface area contributed by atoms with Crippen molar-refractivity contribution in [2.24, 2.45) is 0 Å². The van der Waals surface area contributed by atoms with Crippen LogP contribution in [-0.4, -0.2) is 36.5 Å². The molecule has 0 saturated carbocycles. The summed E-state index contributed by atoms with van der Waals surface area (Å²) in [6.07, 6.45) is 0.163. The van der Waals surface area contributed by atoms with Crippen LogP contribution in [-0.2, 0) is 20.9 Å². The molecule has 0 unspecified atom stereocenters. The van der Waals surface area contributed by atoms with E-state index in [1.54, 1.807) is 11.8 Å². The van der Waals surface area contributed by atoms with E-state index in [1.165, 1.54) is 5.56 Å². The highest BCUT2D eigenvalue weighted by atomic mass is 16.5. The number of carbonyl (C=O) groups is 2. The number of ether oxygens (including phenoxy) is 2. The molecule has 0 aromatic heterocycles. The van der Waals surface area contributed by atoms with Gasteiger partial charge < -0.3 is 14.4 Å². The Balaban J connectivity index is 2.00. The van der Waals surface area contributed by atoms with E-state index in [9.17, 15) is 9.59 Å². The van der Waals surface area contributed by atoms with Crippen molar-refractivity contribution < 1.29 is 19.1 Å². The molecular formula is C22H27NO4. The molecule has 27 heavy (non-hydrogen) atoms. The number of carbonyl (C=O) groups excluding carboxylic acids is 2. The van der Waals surface area contributed by atoms with Crippen LogP contribution in [0.15, 0.2) is 48.5 Å². The van der Waals surface area contributed by atoms with Gasteiger partial charge in [0.25, 0.3) is 5.91 Å². The molecule has 2 rings (SSSR count). The third-order valence-electron chi connectivity index (χ3n) is 4.30. The van der Waals surface area contributed by atoms with Crippen LogP contribution in [0, 0.1) is 13.8 Å². The van der Waals surface area contributed by atoms with Crippen LogP contribution >= 0.6 is 0 Å². The van der Waals surface area contributed by atoms with E-state index in [4.69, 9.17) is 9.47 Å². The van der Waals surface area contributed by atoms with Gasteiger partial charge in [-0.3, -0.25) is 9.59 Å². The monoisotopic (exact) mass is 369 g/mol. The van der Waals surface area contributed by atoms with Crippen molar-refractivity contribution in [3.8, 4) is 5.75 Å². The van der Waals surface area contributed by atoms with E-state index in [0.717, 1.165) is 11.1 Å². The van der Waals surface area contributed by atoms with E-state index >= 15 is 0 Å². The van der Waals surface area contributed by atoms with Gasteiger partial charge in [-0.25, -0.2) is 0 Å². The number of benzene rings is 2. The molecule has 144 valence electrons. The Bertz CT molecular complexity index is 758. The van der Waals surface area contributed by atoms with Gasteiger partial charge >= 0.3 is 5.97 Å². The van der Waals surface area contributed by atoms with Gasteiger partial charge in [0, 0.05) is 13.1 Å². The highest BCUT2D eigenvalue weighted by Crippen LogP contribution is 2.16. The van der Waals surface area contributed by atoms with Gasteiger partial charge in [0.2, 0.25) is 0 Å². The predicted molar refractivity (Wildman–Crippen MR) is 105 cm³/mol. The molecule has 0 spiro atoms. The second kappa shape index (κ2) is 10.4. The zero-order valence-electron chi connectivity index (χ0n) is 16.2. The summed E-state index contributed by atoms with van der Waals surface area (Å²) in [5.41, 5.74) is 3.29. The first kappa shape index (κ1) is 20.5. The molecule has 1 amide bonds. The SMILES string of the molecule is CCOC(=O)CCN(Cc1ccccc1)C(=O)COc1ccc(C)c(C)c1. The Morgan fingerprint density at radius 3 is 2.41 bits per heavy atom. The van der Waals surface area contributed by atoms with Gasteiger partial charge in [0.05, 0.1) is 13.0 Å². The molecule has 2 aromatic carbocycles. The molecule has 0 fully saturated rings. The fraction of sp³-hybridized carbons (Fsp3) is 0.364. The Kier molecular flexibility index (Phi) is 7.86. The van der Waals surface area contributed by atoms with Crippen LogP contribution in [0.25, 0.3) is 0 Å². The molecule has 0 heterocycles. The number of hydrogen-bond acceptors (Lipinski definition) is 4. The van der Waals surface area contributed by atoms with Crippen LogP contribution in [0.3, 0.4) is 0 Å². The zero-order valence-corrected chi connectivity index (χ0v) is 16.2. The number of rotatable bonds is 9. The Labute approximate surface area is 160 Å². The van der Waals surface area contributed by atoms with E-state index < -0.39 is 0 Å². The van der Waals surface area contributed by atoms with Crippen LogP contribution in [0.5, 0.6) is 5.75 Å². The summed E-state index contributed by atoms with van der Waals surface area (Å²) in [5, 5.41) is 0. The van der Waals surface area contributed by atoms with Crippen molar-refractivity contribution >= 4 is 11.9 Å². The van der Waals surface area contributed by atoms with Gasteiger partial charge in [-0.05, 0) is 49.6 Å². The first-order chi connectivity index (χ1) is 13.0. The topological polar surface area (TPSA) is 55.8 Å². The lowest BCUT2D eigenvalue weighted by atomic mass is 10.1. The van der Waals surface area contributed by atoms with E-state index in [1.807, 2.05) is 62.4 Å². The molecule has 0 aliphatic carbocycles. The average molecular weight is 369 g/mol. The Morgan fingerprint density at radius 1 is 1.00 bits per heavy atom. The second-order valence-corrected chi connectivity index (χ2v) is 6.39. The number of amides is 1. The minimum atomic E-state index is -0.307. The van der Waals surface area contributed by atoms with Crippen LogP contribution in [0.1, 0.15) is 30.0 Å². The lowest BCUT2D eigenvalue weighted by Crippen LogP contribution is -2.36. The normalized spacial score (nSPS) is 10.3. The number of esters is 1. The van der Waals surface area contributed by atoms with Gasteiger partial charge in [-0.1, -0.05) is 36.4 Å². The lowest BCUT2D eigenvalue weighted by Gasteiger charge is -2.23. The molecule has 0 bridgehead atoms. The molecule has 0 aliphatic rings. The molecule has 0 radical (unpaired) electrons. The third-order valence-corrected chi connectivity index (χ3v) is 4.30. The second-order valence-electron chi connectivity index (χ2n) is 6.39. The lowest BCUT2D eigenvalue weighted by molar-refractivity contribution is -0.144. The van der Waals surface area contributed by atoms with Gasteiger partial charge in [-0.2, -0.15) is 0 Å². The molecular weight excluding hydrogens is 342 g/mol. The fourth-order valence-electron chi connectivity index (χ4n) is 2.60. The molecule has 0 saturated heterocycles. The maximum Gasteiger partial charge on any atom is 0.307 e. The summed E-state index contributed by atoms with van der Waals surface area (Å²) in [5.74, 6) is 0.191. The van der Waals surface area contributed by atoms with Gasteiger partial charge in [0.1, 0.15) is 5.75 Å². The largest absolute Gasteiger partial charge is 0.484 e. The van der Waals surface area contributed by atoms with Crippen LogP contribution in [0.4, 0.5) is 0 Å². The molecule has 5 heteroatoms. The van der Waals surface area contributed by atoms with Crippen molar-refractivity contribution in [2.45, 2.75) is 33.7 Å². The first-order valence-electron chi connectivity index (χ1n) is 9.17. The predicted octanol–water partition coefficient (Wildman–Crippen LogP) is 3.66. The number of hydrogen-bond donors (Lipinski definition) is 0. The Hall–Kier alpha value is -2.82. The standard InChI is InChI=1S/C22H27NO4/c1-4-26-22(25)12-13-23(15-19-8-6-5-7-9-19)21(24)16-27-20-11-10-17(2)18(3)14-20/h5-11,14H,4,12-13,15-16H2,1-3H3. The van der Waals surface area contributed by atoms with Crippen molar-refractivity contribution in [3.63, 3.8) is 0 Å². The van der Waals surface area contributed by atoms with Crippen LogP contribution < -0.4 is 4.74 Å². The summed E-state index contributed by atoms with van der Waals surface area (Å²) >= 11 is 0. The average Bonchev–Trinajstić information content (AvgIpc) is 2.67. The zero-order chi connectivity index (χ0) is 19.6. The fourth-order valence-corrected chi connectivity index (χ4v) is 2.60. The quantitative estimate of drug-likeness (QED) is 0.633.